The molecule has 0 spiro atoms. The maximum Gasteiger partial charge on any atom is 0.126 e. The molecule has 2 nitrogen and oxygen atoms in total. The third-order valence-corrected chi connectivity index (χ3v) is 5.31. The Morgan fingerprint density at radius 3 is 2.67 bits per heavy atom. The van der Waals surface area contributed by atoms with E-state index in [4.69, 9.17) is 4.74 Å². The normalized spacial score (nSPS) is 28.1. The molecule has 0 N–H and O–H groups in total. The maximum absolute atomic E-state index is 13.8. The van der Waals surface area contributed by atoms with E-state index in [0.29, 0.717) is 5.92 Å². The standard InChI is InChI=1S/C18H26FNO/c1-21-18-13-20(16-7-3-4-8-16)11-10-15(18)12-14-6-2-5-9-17(14)19/h2,5-6,9,15-16,18H,3-4,7-8,10-13H2,1H3/t15-,18+/m1/s1. The lowest BCUT2D eigenvalue weighted by molar-refractivity contribution is -0.0239. The Labute approximate surface area is 127 Å². The summed E-state index contributed by atoms with van der Waals surface area (Å²) in [4.78, 5) is 2.61. The number of ether oxygens (including phenoxy) is 1. The van der Waals surface area contributed by atoms with Gasteiger partial charge in [0, 0.05) is 19.7 Å². The molecule has 0 bridgehead atoms. The molecule has 0 aromatic heterocycles. The Hall–Kier alpha value is -0.930. The van der Waals surface area contributed by atoms with E-state index >= 15 is 0 Å². The average molecular weight is 291 g/mol. The zero-order valence-electron chi connectivity index (χ0n) is 12.9. The summed E-state index contributed by atoms with van der Waals surface area (Å²) >= 11 is 0. The summed E-state index contributed by atoms with van der Waals surface area (Å²) in [6.07, 6.45) is 7.57. The molecule has 1 saturated carbocycles. The fourth-order valence-corrected chi connectivity index (χ4v) is 4.04. The molecule has 2 aliphatic rings. The lowest BCUT2D eigenvalue weighted by atomic mass is 9.87. The number of methoxy groups -OCH3 is 1. The van der Waals surface area contributed by atoms with Gasteiger partial charge in [-0.05, 0) is 49.8 Å². The topological polar surface area (TPSA) is 12.5 Å². The van der Waals surface area contributed by atoms with E-state index < -0.39 is 0 Å². The van der Waals surface area contributed by atoms with E-state index in [1.54, 1.807) is 19.2 Å². The zero-order valence-corrected chi connectivity index (χ0v) is 12.9. The van der Waals surface area contributed by atoms with E-state index in [1.807, 2.05) is 12.1 Å². The van der Waals surface area contributed by atoms with Crippen LogP contribution < -0.4 is 0 Å². The van der Waals surface area contributed by atoms with Crippen molar-refractivity contribution < 1.29 is 9.13 Å². The highest BCUT2D eigenvalue weighted by atomic mass is 19.1. The molecular formula is C18H26FNO. The Kier molecular flexibility index (Phi) is 4.91. The number of benzene rings is 1. The molecule has 1 heterocycles. The van der Waals surface area contributed by atoms with Crippen molar-refractivity contribution in [3.05, 3.63) is 35.6 Å². The van der Waals surface area contributed by atoms with E-state index in [1.165, 1.54) is 25.7 Å². The van der Waals surface area contributed by atoms with Crippen LogP contribution in [0.4, 0.5) is 4.39 Å². The van der Waals surface area contributed by atoms with Crippen LogP contribution in [0.2, 0.25) is 0 Å². The fraction of sp³-hybridized carbons (Fsp3) is 0.667. The summed E-state index contributed by atoms with van der Waals surface area (Å²) in [5, 5.41) is 0. The van der Waals surface area contributed by atoms with E-state index in [0.717, 1.165) is 37.5 Å². The van der Waals surface area contributed by atoms with Crippen molar-refractivity contribution in [2.75, 3.05) is 20.2 Å². The molecule has 1 aliphatic heterocycles. The van der Waals surface area contributed by atoms with Crippen LogP contribution in [0.5, 0.6) is 0 Å². The van der Waals surface area contributed by atoms with E-state index in [-0.39, 0.29) is 11.9 Å². The van der Waals surface area contributed by atoms with Gasteiger partial charge in [0.05, 0.1) is 6.10 Å². The molecular weight excluding hydrogens is 265 g/mol. The van der Waals surface area contributed by atoms with Gasteiger partial charge in [-0.2, -0.15) is 0 Å². The fourth-order valence-electron chi connectivity index (χ4n) is 4.04. The molecule has 0 radical (unpaired) electrons. The molecule has 1 aromatic rings. The minimum Gasteiger partial charge on any atom is -0.380 e. The number of rotatable bonds is 4. The lowest BCUT2D eigenvalue weighted by Gasteiger charge is -2.40. The maximum atomic E-state index is 13.8. The van der Waals surface area contributed by atoms with Crippen LogP contribution in [0.15, 0.2) is 24.3 Å². The van der Waals surface area contributed by atoms with Gasteiger partial charge in [0.25, 0.3) is 0 Å². The van der Waals surface area contributed by atoms with Crippen molar-refractivity contribution >= 4 is 0 Å². The average Bonchev–Trinajstić information content (AvgIpc) is 3.04. The number of nitrogens with zero attached hydrogens (tertiary/aromatic N) is 1. The second-order valence-electron chi connectivity index (χ2n) is 6.55. The molecule has 1 aromatic carbocycles. The minimum atomic E-state index is -0.0782. The van der Waals surface area contributed by atoms with Crippen molar-refractivity contribution in [3.8, 4) is 0 Å². The quantitative estimate of drug-likeness (QED) is 0.839. The van der Waals surface area contributed by atoms with Crippen LogP contribution in [0, 0.1) is 11.7 Å². The third-order valence-electron chi connectivity index (χ3n) is 5.31. The van der Waals surface area contributed by atoms with Crippen LogP contribution in [-0.2, 0) is 11.2 Å². The van der Waals surface area contributed by atoms with Crippen LogP contribution in [-0.4, -0.2) is 37.2 Å². The summed E-state index contributed by atoms with van der Waals surface area (Å²) in [5.74, 6) is 0.357. The largest absolute Gasteiger partial charge is 0.380 e. The molecule has 3 heteroatoms. The molecule has 2 atom stereocenters. The third kappa shape index (κ3) is 3.46. The summed E-state index contributed by atoms with van der Waals surface area (Å²) in [6, 6.07) is 7.91. The summed E-state index contributed by atoms with van der Waals surface area (Å²) in [5.41, 5.74) is 0.832. The number of piperidine rings is 1. The van der Waals surface area contributed by atoms with Gasteiger partial charge in [-0.1, -0.05) is 31.0 Å². The molecule has 21 heavy (non-hydrogen) atoms. The Morgan fingerprint density at radius 1 is 1.19 bits per heavy atom. The van der Waals surface area contributed by atoms with Gasteiger partial charge in [-0.3, -0.25) is 4.90 Å². The first-order valence-corrected chi connectivity index (χ1v) is 8.28. The minimum absolute atomic E-state index is 0.0782. The van der Waals surface area contributed by atoms with Crippen molar-refractivity contribution in [2.24, 2.45) is 5.92 Å². The van der Waals surface area contributed by atoms with Crippen molar-refractivity contribution in [3.63, 3.8) is 0 Å². The van der Waals surface area contributed by atoms with Crippen molar-refractivity contribution in [1.82, 2.24) is 4.90 Å². The van der Waals surface area contributed by atoms with Crippen LogP contribution in [0.25, 0.3) is 0 Å². The first-order valence-electron chi connectivity index (χ1n) is 8.28. The first kappa shape index (κ1) is 15.0. The number of hydrogen-bond acceptors (Lipinski definition) is 2. The molecule has 0 amide bonds. The van der Waals surface area contributed by atoms with Crippen LogP contribution in [0.1, 0.15) is 37.7 Å². The van der Waals surface area contributed by atoms with E-state index in [9.17, 15) is 4.39 Å². The Bertz CT molecular complexity index is 458. The van der Waals surface area contributed by atoms with Crippen molar-refractivity contribution in [2.45, 2.75) is 50.7 Å². The highest BCUT2D eigenvalue weighted by molar-refractivity contribution is 5.18. The SMILES string of the molecule is CO[C@H]1CN(C2CCCC2)CC[C@@H]1Cc1ccccc1F. The van der Waals surface area contributed by atoms with Gasteiger partial charge in [0.2, 0.25) is 0 Å². The van der Waals surface area contributed by atoms with Gasteiger partial charge in [-0.15, -0.1) is 0 Å². The Balaban J connectivity index is 1.63. The highest BCUT2D eigenvalue weighted by Crippen LogP contribution is 2.30. The molecule has 116 valence electrons. The predicted molar refractivity (Wildman–Crippen MR) is 82.8 cm³/mol. The van der Waals surface area contributed by atoms with Crippen molar-refractivity contribution in [1.29, 1.82) is 0 Å². The Morgan fingerprint density at radius 2 is 1.95 bits per heavy atom. The number of likely N-dealkylation sites (tertiary alicyclic amines) is 1. The van der Waals surface area contributed by atoms with Gasteiger partial charge in [-0.25, -0.2) is 4.39 Å². The first-order chi connectivity index (χ1) is 10.3. The molecule has 3 rings (SSSR count). The molecule has 1 saturated heterocycles. The summed E-state index contributed by atoms with van der Waals surface area (Å²) in [6.45, 7) is 2.16. The molecule has 2 fully saturated rings. The smallest absolute Gasteiger partial charge is 0.126 e. The monoisotopic (exact) mass is 291 g/mol. The lowest BCUT2D eigenvalue weighted by Crippen LogP contribution is -2.49. The predicted octanol–water partition coefficient (Wildman–Crippen LogP) is 3.65. The van der Waals surface area contributed by atoms with Gasteiger partial charge in [0.1, 0.15) is 5.82 Å². The summed E-state index contributed by atoms with van der Waals surface area (Å²) in [7, 11) is 1.80. The second-order valence-corrected chi connectivity index (χ2v) is 6.55. The molecule has 0 unspecified atom stereocenters. The second kappa shape index (κ2) is 6.89. The van der Waals surface area contributed by atoms with E-state index in [2.05, 4.69) is 4.90 Å². The highest BCUT2D eigenvalue weighted by Gasteiger charge is 2.33. The van der Waals surface area contributed by atoms with Crippen LogP contribution in [0.3, 0.4) is 0 Å². The van der Waals surface area contributed by atoms with Crippen LogP contribution >= 0.6 is 0 Å². The van der Waals surface area contributed by atoms with Gasteiger partial charge >= 0.3 is 0 Å². The van der Waals surface area contributed by atoms with Gasteiger partial charge in [0.15, 0.2) is 0 Å². The summed E-state index contributed by atoms with van der Waals surface area (Å²) < 4.78 is 19.6. The number of hydrogen-bond donors (Lipinski definition) is 0. The zero-order chi connectivity index (χ0) is 14.7. The van der Waals surface area contributed by atoms with Gasteiger partial charge < -0.3 is 4.74 Å². The number of halogens is 1. The molecule has 1 aliphatic carbocycles.